The lowest BCUT2D eigenvalue weighted by molar-refractivity contribution is 0.0910. The molecule has 1 saturated carbocycles. The van der Waals surface area contributed by atoms with Gasteiger partial charge in [0.1, 0.15) is 0 Å². The van der Waals surface area contributed by atoms with Crippen molar-refractivity contribution < 1.29 is 13.2 Å². The van der Waals surface area contributed by atoms with Gasteiger partial charge in [-0.2, -0.15) is 0 Å². The third-order valence-electron chi connectivity index (χ3n) is 4.10. The second kappa shape index (κ2) is 6.52. The Balaban J connectivity index is 1.76. The predicted octanol–water partition coefficient (Wildman–Crippen LogP) is 0.719. The summed E-state index contributed by atoms with van der Waals surface area (Å²) in [4.78, 5) is 0. The highest BCUT2D eigenvalue weighted by Crippen LogP contribution is 2.32. The molecule has 0 bridgehead atoms. The largest absolute Gasteiger partial charge is 0.378 e. The maximum absolute atomic E-state index is 12.0. The molecule has 0 spiro atoms. The van der Waals surface area contributed by atoms with Crippen LogP contribution in [0.2, 0.25) is 0 Å². The van der Waals surface area contributed by atoms with Crippen molar-refractivity contribution in [1.29, 1.82) is 0 Å². The Kier molecular flexibility index (Phi) is 5.22. The van der Waals surface area contributed by atoms with Crippen LogP contribution in [0, 0.1) is 11.8 Å². The van der Waals surface area contributed by atoms with E-state index in [-0.39, 0.29) is 24.5 Å². The summed E-state index contributed by atoms with van der Waals surface area (Å²) in [6, 6.07) is 0.116. The van der Waals surface area contributed by atoms with Gasteiger partial charge in [0.15, 0.2) is 0 Å². The average Bonchev–Trinajstić information content (AvgIpc) is 2.74. The van der Waals surface area contributed by atoms with Crippen LogP contribution in [0.1, 0.15) is 33.1 Å². The zero-order chi connectivity index (χ0) is 13.9. The van der Waals surface area contributed by atoms with Crippen LogP contribution in [0.15, 0.2) is 0 Å². The molecule has 0 radical (unpaired) electrons. The van der Waals surface area contributed by atoms with E-state index in [1.165, 1.54) is 0 Å². The third kappa shape index (κ3) is 4.70. The third-order valence-corrected chi connectivity index (χ3v) is 5.50. The van der Waals surface area contributed by atoms with Gasteiger partial charge in [-0.15, -0.1) is 0 Å². The first-order valence-electron chi connectivity index (χ1n) is 7.28. The van der Waals surface area contributed by atoms with Crippen molar-refractivity contribution in [3.63, 3.8) is 0 Å². The van der Waals surface area contributed by atoms with E-state index in [1.807, 2.05) is 13.8 Å². The molecule has 1 heterocycles. The van der Waals surface area contributed by atoms with Crippen LogP contribution in [0.5, 0.6) is 0 Å². The molecule has 6 heteroatoms. The van der Waals surface area contributed by atoms with E-state index >= 15 is 0 Å². The van der Waals surface area contributed by atoms with E-state index in [2.05, 4.69) is 10.0 Å². The van der Waals surface area contributed by atoms with Crippen molar-refractivity contribution in [3.8, 4) is 0 Å². The van der Waals surface area contributed by atoms with Gasteiger partial charge >= 0.3 is 0 Å². The number of rotatable bonds is 6. The van der Waals surface area contributed by atoms with E-state index in [9.17, 15) is 8.42 Å². The quantitative estimate of drug-likeness (QED) is 0.756. The SMILES string of the molecule is CC(C)OCCS(=O)(=O)NC1CC[C@H]2CNC[C@H]2C1. The zero-order valence-electron chi connectivity index (χ0n) is 11.9. The maximum atomic E-state index is 12.0. The van der Waals surface area contributed by atoms with Crippen LogP contribution in [0.3, 0.4) is 0 Å². The Morgan fingerprint density at radius 2 is 2.00 bits per heavy atom. The fourth-order valence-corrected chi connectivity index (χ4v) is 4.27. The Labute approximate surface area is 116 Å². The number of sulfonamides is 1. The fraction of sp³-hybridized carbons (Fsp3) is 1.00. The van der Waals surface area contributed by atoms with Crippen LogP contribution < -0.4 is 10.0 Å². The maximum Gasteiger partial charge on any atom is 0.214 e. The van der Waals surface area contributed by atoms with Crippen LogP contribution in [0.25, 0.3) is 0 Å². The number of ether oxygens (including phenoxy) is 1. The highest BCUT2D eigenvalue weighted by atomic mass is 32.2. The van der Waals surface area contributed by atoms with E-state index in [4.69, 9.17) is 4.74 Å². The zero-order valence-corrected chi connectivity index (χ0v) is 12.7. The number of fused-ring (bicyclic) bond motifs is 1. The van der Waals surface area contributed by atoms with Gasteiger partial charge in [-0.05, 0) is 58.0 Å². The Bertz CT molecular complexity index is 383. The van der Waals surface area contributed by atoms with Crippen LogP contribution in [-0.4, -0.2) is 46.0 Å². The summed E-state index contributed by atoms with van der Waals surface area (Å²) in [5.41, 5.74) is 0. The van der Waals surface area contributed by atoms with Gasteiger partial charge in [-0.25, -0.2) is 13.1 Å². The Morgan fingerprint density at radius 3 is 2.74 bits per heavy atom. The molecule has 0 aromatic rings. The average molecular weight is 290 g/mol. The van der Waals surface area contributed by atoms with Gasteiger partial charge in [0.2, 0.25) is 10.0 Å². The van der Waals surface area contributed by atoms with Gasteiger partial charge in [-0.1, -0.05) is 0 Å². The molecule has 2 N–H and O–H groups in total. The van der Waals surface area contributed by atoms with E-state index in [1.54, 1.807) is 0 Å². The van der Waals surface area contributed by atoms with Crippen molar-refractivity contribution >= 4 is 10.0 Å². The summed E-state index contributed by atoms with van der Waals surface area (Å²) in [6.07, 6.45) is 3.15. The normalized spacial score (nSPS) is 31.6. The number of hydrogen-bond acceptors (Lipinski definition) is 4. The standard InChI is InChI=1S/C13H26N2O3S/c1-10(2)18-5-6-19(16,17)15-13-4-3-11-8-14-9-12(11)7-13/h10-15H,3-9H2,1-2H3/t11-,12+,13?/m0/s1. The molecule has 0 amide bonds. The van der Waals surface area contributed by atoms with Crippen molar-refractivity contribution in [1.82, 2.24) is 10.0 Å². The molecular weight excluding hydrogens is 264 g/mol. The summed E-state index contributed by atoms with van der Waals surface area (Å²) in [7, 11) is -3.20. The molecule has 2 aliphatic rings. The Morgan fingerprint density at radius 1 is 1.26 bits per heavy atom. The molecule has 1 aliphatic heterocycles. The molecule has 3 atom stereocenters. The van der Waals surface area contributed by atoms with Gasteiger partial charge in [0.25, 0.3) is 0 Å². The molecule has 1 saturated heterocycles. The smallest absolute Gasteiger partial charge is 0.214 e. The lowest BCUT2D eigenvalue weighted by atomic mass is 9.79. The molecule has 0 aromatic heterocycles. The molecule has 19 heavy (non-hydrogen) atoms. The van der Waals surface area contributed by atoms with Crippen LogP contribution in [-0.2, 0) is 14.8 Å². The summed E-state index contributed by atoms with van der Waals surface area (Å²) in [5, 5.41) is 3.40. The monoisotopic (exact) mass is 290 g/mol. The summed E-state index contributed by atoms with van der Waals surface area (Å²) >= 11 is 0. The lowest BCUT2D eigenvalue weighted by Crippen LogP contribution is -2.42. The molecule has 5 nitrogen and oxygen atoms in total. The van der Waals surface area contributed by atoms with E-state index < -0.39 is 10.0 Å². The minimum absolute atomic E-state index is 0.0635. The van der Waals surface area contributed by atoms with Crippen molar-refractivity contribution in [3.05, 3.63) is 0 Å². The summed E-state index contributed by atoms with van der Waals surface area (Å²) < 4.78 is 32.1. The molecule has 2 rings (SSSR count). The highest BCUT2D eigenvalue weighted by Gasteiger charge is 2.34. The first-order chi connectivity index (χ1) is 8.96. The first kappa shape index (κ1) is 15.2. The number of hydrogen-bond donors (Lipinski definition) is 2. The van der Waals surface area contributed by atoms with Gasteiger partial charge in [0, 0.05) is 6.04 Å². The second-order valence-corrected chi connectivity index (χ2v) is 7.92. The predicted molar refractivity (Wildman–Crippen MR) is 75.5 cm³/mol. The molecule has 2 fully saturated rings. The molecule has 1 aliphatic carbocycles. The van der Waals surface area contributed by atoms with Gasteiger partial charge in [-0.3, -0.25) is 0 Å². The lowest BCUT2D eigenvalue weighted by Gasteiger charge is -2.31. The van der Waals surface area contributed by atoms with Crippen LogP contribution >= 0.6 is 0 Å². The first-order valence-corrected chi connectivity index (χ1v) is 8.94. The Hall–Kier alpha value is -0.170. The summed E-state index contributed by atoms with van der Waals surface area (Å²) in [6.45, 7) is 6.24. The molecular formula is C13H26N2O3S. The second-order valence-electron chi connectivity index (χ2n) is 6.04. The van der Waals surface area contributed by atoms with Crippen molar-refractivity contribution in [2.75, 3.05) is 25.4 Å². The van der Waals surface area contributed by atoms with Crippen LogP contribution in [0.4, 0.5) is 0 Å². The molecule has 0 aromatic carbocycles. The minimum atomic E-state index is -3.20. The molecule has 1 unspecified atom stereocenters. The van der Waals surface area contributed by atoms with Gasteiger partial charge < -0.3 is 10.1 Å². The number of nitrogens with one attached hydrogen (secondary N) is 2. The van der Waals surface area contributed by atoms with Crippen molar-refractivity contribution in [2.24, 2.45) is 11.8 Å². The minimum Gasteiger partial charge on any atom is -0.378 e. The van der Waals surface area contributed by atoms with Crippen molar-refractivity contribution in [2.45, 2.75) is 45.3 Å². The topological polar surface area (TPSA) is 67.4 Å². The van der Waals surface area contributed by atoms with E-state index in [0.29, 0.717) is 5.92 Å². The molecule has 112 valence electrons. The fourth-order valence-electron chi connectivity index (χ4n) is 3.11. The summed E-state index contributed by atoms with van der Waals surface area (Å²) in [5.74, 6) is 1.46. The van der Waals surface area contributed by atoms with E-state index in [0.717, 1.165) is 38.3 Å². The highest BCUT2D eigenvalue weighted by molar-refractivity contribution is 7.89. The van der Waals surface area contributed by atoms with Gasteiger partial charge in [0.05, 0.1) is 18.5 Å².